The van der Waals surface area contributed by atoms with Crippen molar-refractivity contribution < 1.29 is 45.8 Å². The Labute approximate surface area is 277 Å². The summed E-state index contributed by atoms with van der Waals surface area (Å²) in [6.45, 7) is 0.321. The molecule has 2 amide bonds. The molecule has 1 heterocycles. The van der Waals surface area contributed by atoms with E-state index in [2.05, 4.69) is 5.32 Å². The molecule has 3 aromatic carbocycles. The number of benzene rings is 3. The highest BCUT2D eigenvalue weighted by Gasteiger charge is 2.33. The first-order chi connectivity index (χ1) is 23.0. The number of hydrogen-bond donors (Lipinski definition) is 2. The highest BCUT2D eigenvalue weighted by molar-refractivity contribution is 7.92. The third-order valence-corrected chi connectivity index (χ3v) is 8.88. The molecule has 12 nitrogen and oxygen atoms in total. The average molecular weight is 682 g/mol. The second-order valence-electron chi connectivity index (χ2n) is 11.3. The van der Waals surface area contributed by atoms with Crippen LogP contribution in [0.15, 0.2) is 65.1 Å². The van der Waals surface area contributed by atoms with Crippen LogP contribution >= 0.6 is 0 Å². The quantitative estimate of drug-likeness (QED) is 0.131. The van der Waals surface area contributed by atoms with Gasteiger partial charge in [-0.15, -0.1) is 0 Å². The molecule has 254 valence electrons. The van der Waals surface area contributed by atoms with Gasteiger partial charge in [0.05, 0.1) is 56.0 Å². The SMILES string of the molecule is CNC(=O)c1c(-c2ccc(F)cc2)oc2cc(N(CCOCCOCc3ccc(C(=O)OCC(N)=O)cc3)S(C)(=O)=O)c(C3CC3)cc12. The number of rotatable bonds is 16. The number of sulfonamides is 1. The highest BCUT2D eigenvalue weighted by atomic mass is 32.2. The Morgan fingerprint density at radius 2 is 1.69 bits per heavy atom. The van der Waals surface area contributed by atoms with Crippen LogP contribution in [0.25, 0.3) is 22.3 Å². The number of fused-ring (bicyclic) bond motifs is 1. The van der Waals surface area contributed by atoms with Gasteiger partial charge in [-0.1, -0.05) is 12.1 Å². The van der Waals surface area contributed by atoms with Gasteiger partial charge in [0, 0.05) is 24.1 Å². The first-order valence-electron chi connectivity index (χ1n) is 15.2. The van der Waals surface area contributed by atoms with Crippen LogP contribution in [0.3, 0.4) is 0 Å². The van der Waals surface area contributed by atoms with Crippen LogP contribution in [0.2, 0.25) is 0 Å². The monoisotopic (exact) mass is 681 g/mol. The van der Waals surface area contributed by atoms with Crippen LogP contribution in [0.1, 0.15) is 50.6 Å². The molecule has 0 aliphatic heterocycles. The van der Waals surface area contributed by atoms with Crippen LogP contribution in [0.4, 0.5) is 10.1 Å². The highest BCUT2D eigenvalue weighted by Crippen LogP contribution is 2.48. The van der Waals surface area contributed by atoms with Gasteiger partial charge in [0.2, 0.25) is 10.0 Å². The van der Waals surface area contributed by atoms with Gasteiger partial charge in [0.15, 0.2) is 6.61 Å². The molecule has 4 aromatic rings. The molecule has 1 aliphatic rings. The summed E-state index contributed by atoms with van der Waals surface area (Å²) < 4.78 is 63.4. The summed E-state index contributed by atoms with van der Waals surface area (Å²) in [4.78, 5) is 35.7. The van der Waals surface area contributed by atoms with E-state index in [4.69, 9.17) is 24.4 Å². The van der Waals surface area contributed by atoms with Crippen LogP contribution in [-0.4, -0.2) is 72.5 Å². The largest absolute Gasteiger partial charge is 0.455 e. The molecule has 14 heteroatoms. The first kappa shape index (κ1) is 34.5. The van der Waals surface area contributed by atoms with Crippen molar-refractivity contribution in [3.63, 3.8) is 0 Å². The van der Waals surface area contributed by atoms with Crippen molar-refractivity contribution in [2.45, 2.75) is 25.4 Å². The molecule has 1 aromatic heterocycles. The van der Waals surface area contributed by atoms with E-state index < -0.39 is 34.3 Å². The Hall–Kier alpha value is -4.79. The number of anilines is 1. The predicted octanol–water partition coefficient (Wildman–Crippen LogP) is 4.12. The number of furan rings is 1. The standard InChI is InChI=1S/C34H36FN3O9S/c1-37-33(40)31-27-17-26(22-7-8-22)28(18-29(27)47-32(31)23-9-11-25(35)12-10-23)38(48(2,42)43)13-14-44-15-16-45-19-21-3-5-24(6-4-21)34(41)46-20-30(36)39/h3-6,9-12,17-18,22H,7-8,13-16,19-20H2,1-2H3,(H2,36,39)(H,37,40). The number of amides is 2. The number of nitrogens with two attached hydrogens (primary N) is 1. The molecule has 1 aliphatic carbocycles. The van der Waals surface area contributed by atoms with Crippen molar-refractivity contribution in [1.29, 1.82) is 0 Å². The molecule has 0 radical (unpaired) electrons. The van der Waals surface area contributed by atoms with E-state index in [9.17, 15) is 27.2 Å². The molecule has 0 saturated heterocycles. The minimum absolute atomic E-state index is 0.0329. The van der Waals surface area contributed by atoms with Crippen LogP contribution in [-0.2, 0) is 35.6 Å². The Balaban J connectivity index is 1.25. The summed E-state index contributed by atoms with van der Waals surface area (Å²) in [6, 6.07) is 15.6. The number of nitrogens with zero attached hydrogens (tertiary/aromatic N) is 1. The molecule has 3 N–H and O–H groups in total. The molecule has 0 spiro atoms. The molecular formula is C34H36FN3O9S. The first-order valence-corrected chi connectivity index (χ1v) is 17.1. The van der Waals surface area contributed by atoms with E-state index in [-0.39, 0.29) is 56.1 Å². The number of halogens is 1. The minimum atomic E-state index is -3.74. The smallest absolute Gasteiger partial charge is 0.338 e. The van der Waals surface area contributed by atoms with Crippen molar-refractivity contribution in [2.75, 3.05) is 50.6 Å². The van der Waals surface area contributed by atoms with E-state index in [0.717, 1.165) is 30.2 Å². The molecule has 1 fully saturated rings. The van der Waals surface area contributed by atoms with Crippen molar-refractivity contribution in [2.24, 2.45) is 5.73 Å². The van der Waals surface area contributed by atoms with Gasteiger partial charge in [-0.2, -0.15) is 0 Å². The molecule has 1 saturated carbocycles. The fraction of sp³-hybridized carbons (Fsp3) is 0.324. The Bertz CT molecular complexity index is 1900. The van der Waals surface area contributed by atoms with E-state index in [1.807, 2.05) is 6.07 Å². The van der Waals surface area contributed by atoms with Gasteiger partial charge in [-0.25, -0.2) is 17.6 Å². The predicted molar refractivity (Wildman–Crippen MR) is 176 cm³/mol. The number of carbonyl (C=O) groups is 3. The fourth-order valence-electron chi connectivity index (χ4n) is 5.22. The fourth-order valence-corrected chi connectivity index (χ4v) is 6.14. The zero-order valence-electron chi connectivity index (χ0n) is 26.5. The Morgan fingerprint density at radius 3 is 2.31 bits per heavy atom. The number of ether oxygens (including phenoxy) is 3. The Kier molecular flexibility index (Phi) is 10.8. The van der Waals surface area contributed by atoms with E-state index in [0.29, 0.717) is 27.8 Å². The summed E-state index contributed by atoms with van der Waals surface area (Å²) in [5.41, 5.74) is 8.43. The lowest BCUT2D eigenvalue weighted by atomic mass is 10.0. The summed E-state index contributed by atoms with van der Waals surface area (Å²) in [6.07, 6.45) is 2.88. The van der Waals surface area contributed by atoms with Crippen molar-refractivity contribution >= 4 is 44.5 Å². The normalized spacial score (nSPS) is 13.0. The van der Waals surface area contributed by atoms with Gasteiger partial charge >= 0.3 is 5.97 Å². The molecule has 5 rings (SSSR count). The molecule has 48 heavy (non-hydrogen) atoms. The maximum Gasteiger partial charge on any atom is 0.338 e. The van der Waals surface area contributed by atoms with Crippen molar-refractivity contribution in [3.05, 3.63) is 88.7 Å². The van der Waals surface area contributed by atoms with Gasteiger partial charge < -0.3 is 29.7 Å². The van der Waals surface area contributed by atoms with Crippen LogP contribution in [0, 0.1) is 5.82 Å². The third kappa shape index (κ3) is 8.37. The van der Waals surface area contributed by atoms with Crippen molar-refractivity contribution in [3.8, 4) is 11.3 Å². The molecule has 0 bridgehead atoms. The molecular weight excluding hydrogens is 645 g/mol. The molecule has 0 atom stereocenters. The lowest BCUT2D eigenvalue weighted by Gasteiger charge is -2.25. The van der Waals surface area contributed by atoms with Crippen LogP contribution in [0.5, 0.6) is 0 Å². The van der Waals surface area contributed by atoms with Gasteiger partial charge in [0.25, 0.3) is 11.8 Å². The summed E-state index contributed by atoms with van der Waals surface area (Å²) in [5.74, 6) is -1.82. The zero-order valence-corrected chi connectivity index (χ0v) is 27.3. The summed E-state index contributed by atoms with van der Waals surface area (Å²) in [5, 5.41) is 3.18. The molecule has 0 unspecified atom stereocenters. The number of hydrogen-bond acceptors (Lipinski definition) is 9. The third-order valence-electron chi connectivity index (χ3n) is 7.70. The second-order valence-corrected chi connectivity index (χ2v) is 13.2. The Morgan fingerprint density at radius 1 is 1.00 bits per heavy atom. The number of primary amides is 1. The minimum Gasteiger partial charge on any atom is -0.455 e. The summed E-state index contributed by atoms with van der Waals surface area (Å²) in [7, 11) is -2.23. The lowest BCUT2D eigenvalue weighted by Crippen LogP contribution is -2.34. The van der Waals surface area contributed by atoms with E-state index in [1.165, 1.54) is 35.6 Å². The number of esters is 1. The van der Waals surface area contributed by atoms with Gasteiger partial charge in [0.1, 0.15) is 17.2 Å². The number of carbonyl (C=O) groups excluding carboxylic acids is 3. The van der Waals surface area contributed by atoms with E-state index >= 15 is 0 Å². The summed E-state index contributed by atoms with van der Waals surface area (Å²) >= 11 is 0. The average Bonchev–Trinajstić information content (AvgIpc) is 3.84. The van der Waals surface area contributed by atoms with Crippen molar-refractivity contribution in [1.82, 2.24) is 5.32 Å². The second kappa shape index (κ2) is 15.0. The topological polar surface area (TPSA) is 167 Å². The van der Waals surface area contributed by atoms with Gasteiger partial charge in [-0.05, 0) is 72.4 Å². The lowest BCUT2D eigenvalue weighted by molar-refractivity contribution is -0.121. The number of nitrogens with one attached hydrogen (secondary N) is 1. The van der Waals surface area contributed by atoms with E-state index in [1.54, 1.807) is 30.3 Å². The van der Waals surface area contributed by atoms with Gasteiger partial charge in [-0.3, -0.25) is 13.9 Å². The zero-order chi connectivity index (χ0) is 34.4. The maximum atomic E-state index is 13.7. The van der Waals surface area contributed by atoms with Crippen LogP contribution < -0.4 is 15.4 Å². The maximum absolute atomic E-state index is 13.7.